The summed E-state index contributed by atoms with van der Waals surface area (Å²) in [6.45, 7) is 0. The molecule has 3 aromatic rings. The number of ketones is 1. The van der Waals surface area contributed by atoms with Crippen molar-refractivity contribution in [2.75, 3.05) is 0 Å². The van der Waals surface area contributed by atoms with Crippen LogP contribution in [0.5, 0.6) is 0 Å². The largest absolute Gasteiger partial charge is 0.287 e. The van der Waals surface area contributed by atoms with Gasteiger partial charge in [-0.15, -0.1) is 22.7 Å². The number of benzene rings is 1. The van der Waals surface area contributed by atoms with Crippen molar-refractivity contribution < 1.29 is 9.18 Å². The number of hydrogen-bond donors (Lipinski definition) is 0. The summed E-state index contributed by atoms with van der Waals surface area (Å²) in [7, 11) is 0. The van der Waals surface area contributed by atoms with Crippen molar-refractivity contribution in [3.05, 3.63) is 55.8 Å². The fraction of sp³-hybridized carbons (Fsp3) is 0. The molecule has 0 aliphatic rings. The Morgan fingerprint density at radius 1 is 1.22 bits per heavy atom. The van der Waals surface area contributed by atoms with Gasteiger partial charge in [-0.25, -0.2) is 4.39 Å². The van der Waals surface area contributed by atoms with Crippen LogP contribution in [0.25, 0.3) is 10.1 Å². The minimum atomic E-state index is -0.277. The van der Waals surface area contributed by atoms with Gasteiger partial charge in [-0.3, -0.25) is 4.79 Å². The van der Waals surface area contributed by atoms with Gasteiger partial charge in [0.05, 0.1) is 9.75 Å². The quantitative estimate of drug-likeness (QED) is 0.593. The molecule has 0 saturated carbocycles. The molecule has 2 aromatic heterocycles. The maximum atomic E-state index is 13.1. The molecule has 0 unspecified atom stereocenters. The fourth-order valence-corrected chi connectivity index (χ4v) is 4.29. The summed E-state index contributed by atoms with van der Waals surface area (Å²) < 4.78 is 14.7. The average Bonchev–Trinajstić information content (AvgIpc) is 2.93. The molecule has 1 aromatic carbocycles. The van der Waals surface area contributed by atoms with Gasteiger partial charge in [0.25, 0.3) is 0 Å². The molecule has 3 rings (SSSR count). The van der Waals surface area contributed by atoms with Crippen LogP contribution in [0, 0.1) is 5.82 Å². The normalized spacial score (nSPS) is 11.0. The van der Waals surface area contributed by atoms with E-state index in [0.717, 1.165) is 14.6 Å². The van der Waals surface area contributed by atoms with Gasteiger partial charge in [0, 0.05) is 9.17 Å². The molecule has 0 atom stereocenters. The Kier molecular flexibility index (Phi) is 3.05. The Morgan fingerprint density at radius 2 is 2.06 bits per heavy atom. The molecule has 0 radical (unpaired) electrons. The van der Waals surface area contributed by atoms with Crippen LogP contribution < -0.4 is 0 Å². The standard InChI is InChI=1S/C13H6BrFOS2/c14-9-3-4-17-13(9)12(16)11-5-7-1-2-8(15)6-10(7)18-11/h1-6H. The van der Waals surface area contributed by atoms with Gasteiger partial charge in [-0.2, -0.15) is 0 Å². The van der Waals surface area contributed by atoms with Crippen molar-refractivity contribution in [2.24, 2.45) is 0 Å². The smallest absolute Gasteiger partial charge is 0.214 e. The third-order valence-corrected chi connectivity index (χ3v) is 5.46. The van der Waals surface area contributed by atoms with Crippen molar-refractivity contribution >= 4 is 54.5 Å². The Labute approximate surface area is 119 Å². The van der Waals surface area contributed by atoms with Gasteiger partial charge < -0.3 is 0 Å². The van der Waals surface area contributed by atoms with Gasteiger partial charge in [-0.1, -0.05) is 6.07 Å². The minimum Gasteiger partial charge on any atom is -0.287 e. The first-order valence-electron chi connectivity index (χ1n) is 5.12. The lowest BCUT2D eigenvalue weighted by Gasteiger charge is -1.93. The van der Waals surface area contributed by atoms with Crippen LogP contribution >= 0.6 is 38.6 Å². The molecular formula is C13H6BrFOS2. The maximum absolute atomic E-state index is 13.1. The van der Waals surface area contributed by atoms with E-state index in [9.17, 15) is 9.18 Å². The highest BCUT2D eigenvalue weighted by Gasteiger charge is 2.16. The summed E-state index contributed by atoms with van der Waals surface area (Å²) in [5.41, 5.74) is 0. The molecule has 0 fully saturated rings. The lowest BCUT2D eigenvalue weighted by atomic mass is 10.2. The summed E-state index contributed by atoms with van der Waals surface area (Å²) >= 11 is 6.08. The highest BCUT2D eigenvalue weighted by Crippen LogP contribution is 2.31. The minimum absolute atomic E-state index is 0.0153. The van der Waals surface area contributed by atoms with Crippen molar-refractivity contribution in [1.29, 1.82) is 0 Å². The molecule has 5 heteroatoms. The number of halogens is 2. The Hall–Kier alpha value is -1.04. The summed E-state index contributed by atoms with van der Waals surface area (Å²) in [6.07, 6.45) is 0. The van der Waals surface area contributed by atoms with Gasteiger partial charge >= 0.3 is 0 Å². The van der Waals surface area contributed by atoms with Crippen molar-refractivity contribution in [3.63, 3.8) is 0 Å². The van der Waals surface area contributed by atoms with Crippen molar-refractivity contribution in [1.82, 2.24) is 0 Å². The van der Waals surface area contributed by atoms with Gasteiger partial charge in [-0.05, 0) is 51.0 Å². The third-order valence-electron chi connectivity index (χ3n) is 2.53. The van der Waals surface area contributed by atoms with Crippen molar-refractivity contribution in [2.45, 2.75) is 0 Å². The summed E-state index contributed by atoms with van der Waals surface area (Å²) in [5.74, 6) is -0.292. The highest BCUT2D eigenvalue weighted by atomic mass is 79.9. The zero-order valence-electron chi connectivity index (χ0n) is 8.94. The van der Waals surface area contributed by atoms with E-state index in [1.165, 1.54) is 34.8 Å². The second-order valence-electron chi connectivity index (χ2n) is 3.72. The van der Waals surface area contributed by atoms with Gasteiger partial charge in [0.1, 0.15) is 5.82 Å². The van der Waals surface area contributed by atoms with E-state index in [2.05, 4.69) is 15.9 Å². The zero-order chi connectivity index (χ0) is 12.7. The van der Waals surface area contributed by atoms with Crippen LogP contribution in [-0.2, 0) is 0 Å². The van der Waals surface area contributed by atoms with E-state index in [1.54, 1.807) is 6.07 Å². The molecule has 0 aliphatic carbocycles. The zero-order valence-corrected chi connectivity index (χ0v) is 12.2. The highest BCUT2D eigenvalue weighted by molar-refractivity contribution is 9.10. The van der Waals surface area contributed by atoms with Crippen LogP contribution in [0.3, 0.4) is 0 Å². The molecule has 18 heavy (non-hydrogen) atoms. The van der Waals surface area contributed by atoms with Crippen LogP contribution in [0.15, 0.2) is 40.2 Å². The number of rotatable bonds is 2. The Balaban J connectivity index is 2.10. The molecule has 0 amide bonds. The molecule has 0 bridgehead atoms. The first-order valence-corrected chi connectivity index (χ1v) is 7.61. The molecule has 0 saturated heterocycles. The molecule has 90 valence electrons. The molecule has 2 heterocycles. The van der Waals surface area contributed by atoms with Gasteiger partial charge in [0.2, 0.25) is 5.78 Å². The van der Waals surface area contributed by atoms with E-state index in [4.69, 9.17) is 0 Å². The SMILES string of the molecule is O=C(c1cc2ccc(F)cc2s1)c1sccc1Br. The number of carbonyl (C=O) groups excluding carboxylic acids is 1. The average molecular weight is 341 g/mol. The van der Waals surface area contributed by atoms with Crippen LogP contribution in [0.2, 0.25) is 0 Å². The molecule has 1 nitrogen and oxygen atoms in total. The lowest BCUT2D eigenvalue weighted by Crippen LogP contribution is -1.95. The first kappa shape index (κ1) is 12.0. The van der Waals surface area contributed by atoms with E-state index < -0.39 is 0 Å². The van der Waals surface area contributed by atoms with Crippen LogP contribution in [-0.4, -0.2) is 5.78 Å². The first-order chi connectivity index (χ1) is 8.65. The molecule has 0 spiro atoms. The second-order valence-corrected chi connectivity index (χ2v) is 6.57. The van der Waals surface area contributed by atoms with Crippen LogP contribution in [0.1, 0.15) is 14.5 Å². The maximum Gasteiger partial charge on any atom is 0.214 e. The van der Waals surface area contributed by atoms with Crippen LogP contribution in [0.4, 0.5) is 4.39 Å². The van der Waals surface area contributed by atoms with E-state index in [1.807, 2.05) is 17.5 Å². The molecular weight excluding hydrogens is 335 g/mol. The summed E-state index contributed by atoms with van der Waals surface area (Å²) in [4.78, 5) is 13.6. The molecule has 0 aliphatic heterocycles. The van der Waals surface area contributed by atoms with Crippen molar-refractivity contribution in [3.8, 4) is 0 Å². The topological polar surface area (TPSA) is 17.1 Å². The summed E-state index contributed by atoms with van der Waals surface area (Å²) in [5, 5.41) is 2.77. The van der Waals surface area contributed by atoms with E-state index >= 15 is 0 Å². The fourth-order valence-electron chi connectivity index (χ4n) is 1.68. The Bertz CT molecular complexity index is 744. The molecule has 0 N–H and O–H groups in total. The lowest BCUT2D eigenvalue weighted by molar-refractivity contribution is 0.104. The number of hydrogen-bond acceptors (Lipinski definition) is 3. The monoisotopic (exact) mass is 340 g/mol. The van der Waals surface area contributed by atoms with E-state index in [-0.39, 0.29) is 11.6 Å². The number of carbonyl (C=O) groups is 1. The predicted molar refractivity (Wildman–Crippen MR) is 77.2 cm³/mol. The number of thiophene rings is 2. The van der Waals surface area contributed by atoms with Gasteiger partial charge in [0.15, 0.2) is 0 Å². The van der Waals surface area contributed by atoms with E-state index in [0.29, 0.717) is 9.75 Å². The second kappa shape index (κ2) is 4.57. The third kappa shape index (κ3) is 2.02. The number of fused-ring (bicyclic) bond motifs is 1. The predicted octanol–water partition coefficient (Wildman–Crippen LogP) is 5.10. The Morgan fingerprint density at radius 3 is 2.78 bits per heavy atom. The summed E-state index contributed by atoms with van der Waals surface area (Å²) in [6, 6.07) is 8.23.